The second-order valence-electron chi connectivity index (χ2n) is 2.86. The van der Waals surface area contributed by atoms with Crippen LogP contribution in [0.2, 0.25) is 0 Å². The fraction of sp³-hybridized carbons (Fsp3) is 0.200. The molecular formula is C10H10N2O2S. The van der Waals surface area contributed by atoms with Crippen molar-refractivity contribution < 1.29 is 9.15 Å². The van der Waals surface area contributed by atoms with Crippen molar-refractivity contribution in [3.63, 3.8) is 0 Å². The van der Waals surface area contributed by atoms with Crippen molar-refractivity contribution in [3.05, 3.63) is 30.2 Å². The Morgan fingerprint density at radius 3 is 2.80 bits per heavy atom. The summed E-state index contributed by atoms with van der Waals surface area (Å²) in [4.78, 5) is 0. The molecule has 0 aliphatic rings. The molecule has 1 aromatic carbocycles. The summed E-state index contributed by atoms with van der Waals surface area (Å²) in [6.45, 7) is 0. The van der Waals surface area contributed by atoms with Crippen LogP contribution < -0.4 is 4.74 Å². The van der Waals surface area contributed by atoms with Gasteiger partial charge in [0.2, 0.25) is 5.89 Å². The maximum Gasteiger partial charge on any atom is 0.251 e. The summed E-state index contributed by atoms with van der Waals surface area (Å²) in [5.74, 6) is 2.10. The topological polar surface area (TPSA) is 48.2 Å². The van der Waals surface area contributed by atoms with Crippen LogP contribution in [-0.4, -0.2) is 17.3 Å². The van der Waals surface area contributed by atoms with Crippen LogP contribution in [0, 0.1) is 0 Å². The molecule has 5 heteroatoms. The zero-order valence-corrected chi connectivity index (χ0v) is 9.07. The van der Waals surface area contributed by atoms with E-state index in [1.54, 1.807) is 7.11 Å². The first-order chi connectivity index (χ1) is 7.35. The summed E-state index contributed by atoms with van der Waals surface area (Å²) in [5.41, 5.74) is 0.792. The van der Waals surface area contributed by atoms with Gasteiger partial charge in [0.05, 0.1) is 18.4 Å². The molecule has 0 amide bonds. The highest BCUT2D eigenvalue weighted by Crippen LogP contribution is 2.28. The predicted molar refractivity (Wildman–Crippen MR) is 59.0 cm³/mol. The molecular weight excluding hydrogens is 212 g/mol. The third-order valence-corrected chi connectivity index (χ3v) is 2.21. The molecule has 78 valence electrons. The van der Waals surface area contributed by atoms with Gasteiger partial charge in [0.25, 0.3) is 5.89 Å². The van der Waals surface area contributed by atoms with E-state index in [9.17, 15) is 0 Å². The summed E-state index contributed by atoms with van der Waals surface area (Å²) < 4.78 is 10.6. The van der Waals surface area contributed by atoms with E-state index in [4.69, 9.17) is 9.15 Å². The van der Waals surface area contributed by atoms with Crippen LogP contribution in [0.4, 0.5) is 0 Å². The van der Waals surface area contributed by atoms with Gasteiger partial charge in [-0.15, -0.1) is 10.2 Å². The summed E-state index contributed by atoms with van der Waals surface area (Å²) in [6.07, 6.45) is 0. The smallest absolute Gasteiger partial charge is 0.251 e. The average molecular weight is 222 g/mol. The van der Waals surface area contributed by atoms with E-state index in [1.165, 1.54) is 0 Å². The van der Waals surface area contributed by atoms with Gasteiger partial charge in [-0.05, 0) is 12.1 Å². The number of hydrogen-bond acceptors (Lipinski definition) is 5. The zero-order chi connectivity index (χ0) is 10.7. The minimum atomic E-state index is 0.433. The largest absolute Gasteiger partial charge is 0.496 e. The Labute approximate surface area is 92.7 Å². The van der Waals surface area contributed by atoms with Gasteiger partial charge in [-0.1, -0.05) is 12.1 Å². The Balaban J connectivity index is 2.44. The first-order valence-electron chi connectivity index (χ1n) is 4.41. The number of aromatic nitrogens is 2. The molecule has 0 fully saturated rings. The van der Waals surface area contributed by atoms with E-state index in [-0.39, 0.29) is 0 Å². The lowest BCUT2D eigenvalue weighted by atomic mass is 10.2. The molecule has 0 N–H and O–H groups in total. The van der Waals surface area contributed by atoms with E-state index in [1.807, 2.05) is 24.3 Å². The first-order valence-corrected chi connectivity index (χ1v) is 5.05. The highest BCUT2D eigenvalue weighted by atomic mass is 32.1. The van der Waals surface area contributed by atoms with Crippen molar-refractivity contribution in [2.24, 2.45) is 0 Å². The minimum absolute atomic E-state index is 0.433. The number of ether oxygens (including phenoxy) is 1. The zero-order valence-electron chi connectivity index (χ0n) is 8.17. The molecule has 0 radical (unpaired) electrons. The molecule has 0 atom stereocenters. The minimum Gasteiger partial charge on any atom is -0.496 e. The standard InChI is InChI=1S/C10H10N2O2S/c1-13-8-5-3-2-4-7(8)10-12-11-9(6-15)14-10/h2-5,15H,6H2,1H3. The maximum atomic E-state index is 5.38. The lowest BCUT2D eigenvalue weighted by molar-refractivity contribution is 0.414. The number of para-hydroxylation sites is 1. The SMILES string of the molecule is COc1ccccc1-c1nnc(CS)o1. The van der Waals surface area contributed by atoms with Gasteiger partial charge in [-0.2, -0.15) is 12.6 Å². The highest BCUT2D eigenvalue weighted by molar-refractivity contribution is 7.79. The molecule has 15 heavy (non-hydrogen) atoms. The van der Waals surface area contributed by atoms with Crippen molar-refractivity contribution >= 4 is 12.6 Å². The summed E-state index contributed by atoms with van der Waals surface area (Å²) in [7, 11) is 1.61. The molecule has 0 saturated heterocycles. The maximum absolute atomic E-state index is 5.38. The average Bonchev–Trinajstić information content (AvgIpc) is 2.77. The van der Waals surface area contributed by atoms with Crippen molar-refractivity contribution in [2.75, 3.05) is 7.11 Å². The summed E-state index contributed by atoms with van der Waals surface area (Å²) >= 11 is 4.06. The van der Waals surface area contributed by atoms with Crippen LogP contribution >= 0.6 is 12.6 Å². The van der Waals surface area contributed by atoms with Gasteiger partial charge in [0.1, 0.15) is 5.75 Å². The second-order valence-corrected chi connectivity index (χ2v) is 3.18. The fourth-order valence-electron chi connectivity index (χ4n) is 1.25. The molecule has 0 aliphatic heterocycles. The van der Waals surface area contributed by atoms with E-state index >= 15 is 0 Å². The third kappa shape index (κ3) is 1.97. The number of thiol groups is 1. The molecule has 0 spiro atoms. The van der Waals surface area contributed by atoms with Crippen LogP contribution in [0.25, 0.3) is 11.5 Å². The normalized spacial score (nSPS) is 10.3. The molecule has 0 unspecified atom stereocenters. The van der Waals surface area contributed by atoms with E-state index < -0.39 is 0 Å². The number of benzene rings is 1. The van der Waals surface area contributed by atoms with Crippen molar-refractivity contribution in [1.82, 2.24) is 10.2 Å². The Morgan fingerprint density at radius 1 is 1.33 bits per heavy atom. The quantitative estimate of drug-likeness (QED) is 0.808. The van der Waals surface area contributed by atoms with Crippen LogP contribution in [-0.2, 0) is 5.75 Å². The van der Waals surface area contributed by atoms with E-state index in [2.05, 4.69) is 22.8 Å². The van der Waals surface area contributed by atoms with Gasteiger partial charge in [-0.3, -0.25) is 0 Å². The monoisotopic (exact) mass is 222 g/mol. The van der Waals surface area contributed by atoms with Crippen LogP contribution in [0.15, 0.2) is 28.7 Å². The van der Waals surface area contributed by atoms with Gasteiger partial charge in [0.15, 0.2) is 0 Å². The lowest BCUT2D eigenvalue weighted by Gasteiger charge is -2.02. The van der Waals surface area contributed by atoms with Crippen LogP contribution in [0.3, 0.4) is 0 Å². The lowest BCUT2D eigenvalue weighted by Crippen LogP contribution is -1.87. The summed E-state index contributed by atoms with van der Waals surface area (Å²) in [5, 5.41) is 7.76. The third-order valence-electron chi connectivity index (χ3n) is 1.94. The Kier molecular flexibility index (Phi) is 2.91. The Hall–Kier alpha value is -1.49. The first kappa shape index (κ1) is 10.0. The molecule has 0 aliphatic carbocycles. The van der Waals surface area contributed by atoms with Crippen molar-refractivity contribution in [1.29, 1.82) is 0 Å². The number of methoxy groups -OCH3 is 1. The van der Waals surface area contributed by atoms with Crippen LogP contribution in [0.5, 0.6) is 5.75 Å². The van der Waals surface area contributed by atoms with Crippen molar-refractivity contribution in [3.8, 4) is 17.2 Å². The molecule has 0 bridgehead atoms. The molecule has 0 saturated carbocycles. The van der Waals surface area contributed by atoms with Crippen LogP contribution in [0.1, 0.15) is 5.89 Å². The van der Waals surface area contributed by atoms with Gasteiger partial charge >= 0.3 is 0 Å². The summed E-state index contributed by atoms with van der Waals surface area (Å²) in [6, 6.07) is 7.50. The van der Waals surface area contributed by atoms with Gasteiger partial charge in [-0.25, -0.2) is 0 Å². The van der Waals surface area contributed by atoms with E-state index in [0.29, 0.717) is 23.3 Å². The molecule has 4 nitrogen and oxygen atoms in total. The number of rotatable bonds is 3. The predicted octanol–water partition coefficient (Wildman–Crippen LogP) is 2.18. The highest BCUT2D eigenvalue weighted by Gasteiger charge is 2.11. The molecule has 2 rings (SSSR count). The number of hydrogen-bond donors (Lipinski definition) is 1. The Morgan fingerprint density at radius 2 is 2.13 bits per heavy atom. The van der Waals surface area contributed by atoms with Gasteiger partial charge in [0, 0.05) is 0 Å². The van der Waals surface area contributed by atoms with Gasteiger partial charge < -0.3 is 9.15 Å². The molecule has 1 heterocycles. The fourth-order valence-corrected chi connectivity index (χ4v) is 1.38. The van der Waals surface area contributed by atoms with E-state index in [0.717, 1.165) is 5.56 Å². The molecule has 2 aromatic rings. The van der Waals surface area contributed by atoms with Crippen molar-refractivity contribution in [2.45, 2.75) is 5.75 Å². The number of nitrogens with zero attached hydrogens (tertiary/aromatic N) is 2. The second kappa shape index (κ2) is 4.35. The Bertz CT molecular complexity index is 456. The molecule has 1 aromatic heterocycles.